The highest BCUT2D eigenvalue weighted by molar-refractivity contribution is 5.91. The lowest BCUT2D eigenvalue weighted by atomic mass is 10.2. The summed E-state index contributed by atoms with van der Waals surface area (Å²) in [6.45, 7) is 8.20. The molecule has 2 amide bonds. The minimum atomic E-state index is -0.250. The minimum Gasteiger partial charge on any atom is -0.492 e. The van der Waals surface area contributed by atoms with Crippen LogP contribution in [-0.4, -0.2) is 28.6 Å². The summed E-state index contributed by atoms with van der Waals surface area (Å²) < 4.78 is 21.2. The van der Waals surface area contributed by atoms with Gasteiger partial charge in [0, 0.05) is 25.0 Å². The van der Waals surface area contributed by atoms with Crippen molar-refractivity contribution >= 4 is 11.7 Å². The monoisotopic (exact) mass is 423 g/mol. The van der Waals surface area contributed by atoms with Gasteiger partial charge in [0.1, 0.15) is 11.6 Å². The number of nitrogens with zero attached hydrogens (tertiary/aromatic N) is 2. The zero-order valence-corrected chi connectivity index (χ0v) is 18.3. The van der Waals surface area contributed by atoms with Crippen LogP contribution in [0.5, 0.6) is 5.75 Å². The van der Waals surface area contributed by atoms with Crippen LogP contribution in [0.25, 0.3) is 0 Å². The van der Waals surface area contributed by atoms with Crippen LogP contribution in [0.4, 0.5) is 14.9 Å². The second kappa shape index (κ2) is 10.7. The Morgan fingerprint density at radius 3 is 2.68 bits per heavy atom. The van der Waals surface area contributed by atoms with Crippen molar-refractivity contribution in [2.45, 2.75) is 33.9 Å². The molecule has 0 spiro atoms. The molecule has 0 bridgehead atoms. The molecule has 0 aliphatic carbocycles. The predicted octanol–water partition coefficient (Wildman–Crippen LogP) is 5.76. The van der Waals surface area contributed by atoms with Crippen molar-refractivity contribution in [2.24, 2.45) is 5.92 Å². The minimum absolute atomic E-state index is 0.181. The van der Waals surface area contributed by atoms with E-state index < -0.39 is 0 Å². The molecular formula is C25H30FN3O2. The van der Waals surface area contributed by atoms with Crippen molar-refractivity contribution in [3.05, 3.63) is 83.9 Å². The van der Waals surface area contributed by atoms with Gasteiger partial charge >= 0.3 is 6.03 Å². The predicted molar refractivity (Wildman–Crippen MR) is 122 cm³/mol. The summed E-state index contributed by atoms with van der Waals surface area (Å²) >= 11 is 0. The Morgan fingerprint density at radius 1 is 1.13 bits per heavy atom. The van der Waals surface area contributed by atoms with Crippen LogP contribution in [-0.2, 0) is 13.1 Å². The number of hydrogen-bond acceptors (Lipinski definition) is 2. The van der Waals surface area contributed by atoms with E-state index in [2.05, 4.69) is 19.2 Å². The third-order valence-electron chi connectivity index (χ3n) is 4.82. The number of nitrogens with one attached hydrogen (secondary N) is 1. The number of hydrogen-bond donors (Lipinski definition) is 1. The number of carbonyl (C=O) groups is 1. The van der Waals surface area contributed by atoms with Crippen LogP contribution in [0.3, 0.4) is 0 Å². The van der Waals surface area contributed by atoms with E-state index in [9.17, 15) is 9.18 Å². The summed E-state index contributed by atoms with van der Waals surface area (Å²) in [6.07, 6.45) is 1.95. The molecule has 164 valence electrons. The number of ether oxygens (including phenoxy) is 1. The SMILES string of the molecule is CCOc1ccccc1NC(=O)N(Cc1cccn1Cc1cccc(F)c1)CC(C)C. The molecule has 0 radical (unpaired) electrons. The number of aromatic nitrogens is 1. The summed E-state index contributed by atoms with van der Waals surface area (Å²) in [5, 5.41) is 2.99. The summed E-state index contributed by atoms with van der Waals surface area (Å²) in [4.78, 5) is 14.9. The van der Waals surface area contributed by atoms with Crippen molar-refractivity contribution in [3.8, 4) is 5.75 Å². The highest BCUT2D eigenvalue weighted by Gasteiger charge is 2.18. The van der Waals surface area contributed by atoms with Gasteiger partial charge in [0.05, 0.1) is 18.8 Å². The smallest absolute Gasteiger partial charge is 0.322 e. The maximum Gasteiger partial charge on any atom is 0.322 e. The largest absolute Gasteiger partial charge is 0.492 e. The summed E-state index contributed by atoms with van der Waals surface area (Å²) in [6, 6.07) is 17.8. The van der Waals surface area contributed by atoms with E-state index in [-0.39, 0.29) is 11.8 Å². The van der Waals surface area contributed by atoms with E-state index >= 15 is 0 Å². The van der Waals surface area contributed by atoms with E-state index in [0.29, 0.717) is 43.6 Å². The first-order chi connectivity index (χ1) is 15.0. The maximum atomic E-state index is 13.6. The zero-order valence-electron chi connectivity index (χ0n) is 18.3. The number of urea groups is 1. The lowest BCUT2D eigenvalue weighted by Crippen LogP contribution is -2.37. The molecule has 0 saturated carbocycles. The Morgan fingerprint density at radius 2 is 1.94 bits per heavy atom. The molecule has 0 saturated heterocycles. The highest BCUT2D eigenvalue weighted by atomic mass is 19.1. The van der Waals surface area contributed by atoms with E-state index in [1.165, 1.54) is 12.1 Å². The molecule has 0 aliphatic heterocycles. The first-order valence-corrected chi connectivity index (χ1v) is 10.6. The number of rotatable bonds is 9. The lowest BCUT2D eigenvalue weighted by Gasteiger charge is -2.26. The van der Waals surface area contributed by atoms with Crippen LogP contribution in [0.2, 0.25) is 0 Å². The Kier molecular flexibility index (Phi) is 7.70. The fraction of sp³-hybridized carbons (Fsp3) is 0.320. The molecule has 1 N–H and O–H groups in total. The quantitative estimate of drug-likeness (QED) is 0.475. The van der Waals surface area contributed by atoms with Crippen molar-refractivity contribution in [3.63, 3.8) is 0 Å². The lowest BCUT2D eigenvalue weighted by molar-refractivity contribution is 0.200. The molecule has 0 fully saturated rings. The van der Waals surface area contributed by atoms with Crippen LogP contribution in [0, 0.1) is 11.7 Å². The Balaban J connectivity index is 1.76. The Hall–Kier alpha value is -3.28. The van der Waals surface area contributed by atoms with E-state index in [0.717, 1.165) is 11.3 Å². The van der Waals surface area contributed by atoms with E-state index in [4.69, 9.17) is 4.74 Å². The first kappa shape index (κ1) is 22.4. The van der Waals surface area contributed by atoms with Crippen molar-refractivity contribution in [1.29, 1.82) is 0 Å². The van der Waals surface area contributed by atoms with Gasteiger partial charge in [0.2, 0.25) is 0 Å². The van der Waals surface area contributed by atoms with Gasteiger partial charge in [-0.1, -0.05) is 38.1 Å². The van der Waals surface area contributed by atoms with Gasteiger partial charge in [-0.05, 0) is 54.8 Å². The second-order valence-corrected chi connectivity index (χ2v) is 7.89. The van der Waals surface area contributed by atoms with Gasteiger partial charge in [-0.15, -0.1) is 0 Å². The van der Waals surface area contributed by atoms with Crippen LogP contribution in [0.1, 0.15) is 32.0 Å². The maximum absolute atomic E-state index is 13.6. The first-order valence-electron chi connectivity index (χ1n) is 10.6. The summed E-state index contributed by atoms with van der Waals surface area (Å²) in [7, 11) is 0. The molecule has 31 heavy (non-hydrogen) atoms. The van der Waals surface area contributed by atoms with Crippen molar-refractivity contribution < 1.29 is 13.9 Å². The average molecular weight is 424 g/mol. The normalized spacial score (nSPS) is 10.9. The van der Waals surface area contributed by atoms with E-state index in [1.807, 2.05) is 60.2 Å². The molecule has 3 rings (SSSR count). The number of para-hydroxylation sites is 2. The third kappa shape index (κ3) is 6.35. The van der Waals surface area contributed by atoms with E-state index in [1.54, 1.807) is 11.0 Å². The number of benzene rings is 2. The molecule has 1 aromatic heterocycles. The molecule has 1 heterocycles. The number of carbonyl (C=O) groups excluding carboxylic acids is 1. The van der Waals surface area contributed by atoms with Crippen LogP contribution < -0.4 is 10.1 Å². The number of halogens is 1. The number of anilines is 1. The van der Waals surface area contributed by atoms with Gasteiger partial charge in [0.15, 0.2) is 0 Å². The van der Waals surface area contributed by atoms with Crippen molar-refractivity contribution in [2.75, 3.05) is 18.5 Å². The summed E-state index contributed by atoms with van der Waals surface area (Å²) in [5.41, 5.74) is 2.51. The van der Waals surface area contributed by atoms with Gasteiger partial charge in [-0.3, -0.25) is 0 Å². The standard InChI is InChI=1S/C25H30FN3O2/c1-4-31-24-13-6-5-12-23(24)27-25(30)29(16-19(2)3)18-22-11-8-14-28(22)17-20-9-7-10-21(26)15-20/h5-15,19H,4,16-18H2,1-3H3,(H,27,30). The van der Waals surface area contributed by atoms with Crippen molar-refractivity contribution in [1.82, 2.24) is 9.47 Å². The average Bonchev–Trinajstić information content (AvgIpc) is 3.15. The zero-order chi connectivity index (χ0) is 22.2. The molecule has 6 heteroatoms. The van der Waals surface area contributed by atoms with Gasteiger partial charge < -0.3 is 19.5 Å². The fourth-order valence-corrected chi connectivity index (χ4v) is 3.48. The van der Waals surface area contributed by atoms with Crippen LogP contribution >= 0.6 is 0 Å². The molecule has 0 unspecified atom stereocenters. The van der Waals surface area contributed by atoms with Gasteiger partial charge in [0.25, 0.3) is 0 Å². The molecule has 5 nitrogen and oxygen atoms in total. The number of amides is 2. The Labute approximate surface area is 183 Å². The highest BCUT2D eigenvalue weighted by Crippen LogP contribution is 2.24. The molecule has 2 aromatic carbocycles. The topological polar surface area (TPSA) is 46.5 Å². The molecule has 3 aromatic rings. The molecule has 0 aliphatic rings. The van der Waals surface area contributed by atoms with Gasteiger partial charge in [-0.2, -0.15) is 0 Å². The Bertz CT molecular complexity index is 1000. The second-order valence-electron chi connectivity index (χ2n) is 7.89. The van der Waals surface area contributed by atoms with Gasteiger partial charge in [-0.25, -0.2) is 9.18 Å². The molecule has 0 atom stereocenters. The molecular weight excluding hydrogens is 393 g/mol. The van der Waals surface area contributed by atoms with Crippen LogP contribution in [0.15, 0.2) is 66.9 Å². The third-order valence-corrected chi connectivity index (χ3v) is 4.82. The summed E-state index contributed by atoms with van der Waals surface area (Å²) in [5.74, 6) is 0.705. The fourth-order valence-electron chi connectivity index (χ4n) is 3.48.